The summed E-state index contributed by atoms with van der Waals surface area (Å²) in [7, 11) is 0. The zero-order chi connectivity index (χ0) is 21.5. The number of oxime groups is 1. The van der Waals surface area contributed by atoms with E-state index in [4.69, 9.17) is 5.21 Å². The summed E-state index contributed by atoms with van der Waals surface area (Å²) in [5, 5.41) is 11.7. The third-order valence-electron chi connectivity index (χ3n) is 5.89. The van der Waals surface area contributed by atoms with Gasteiger partial charge in [0.05, 0.1) is 0 Å². The summed E-state index contributed by atoms with van der Waals surface area (Å²) in [6.07, 6.45) is 8.94. The Labute approximate surface area is 179 Å². The summed E-state index contributed by atoms with van der Waals surface area (Å²) in [5.41, 5.74) is 6.67. The van der Waals surface area contributed by atoms with E-state index in [1.165, 1.54) is 29.5 Å². The van der Waals surface area contributed by atoms with Gasteiger partial charge < -0.3 is 5.21 Å². The van der Waals surface area contributed by atoms with Crippen LogP contribution in [0.15, 0.2) is 41.6 Å². The first-order valence-electron chi connectivity index (χ1n) is 11.1. The van der Waals surface area contributed by atoms with Crippen molar-refractivity contribution in [1.82, 2.24) is 0 Å². The van der Waals surface area contributed by atoms with Crippen LogP contribution >= 0.6 is 0 Å². The zero-order valence-electron chi connectivity index (χ0n) is 18.0. The number of benzene rings is 2. The van der Waals surface area contributed by atoms with Crippen molar-refractivity contribution in [3.05, 3.63) is 69.8 Å². The monoisotopic (exact) mass is 405 g/mol. The molecule has 0 bridgehead atoms. The third-order valence-corrected chi connectivity index (χ3v) is 5.89. The van der Waals surface area contributed by atoms with Crippen molar-refractivity contribution in [3.63, 3.8) is 0 Å². The molecule has 2 aromatic rings. The van der Waals surface area contributed by atoms with Crippen LogP contribution in [0.5, 0.6) is 0 Å². The van der Waals surface area contributed by atoms with Gasteiger partial charge in [0.25, 0.3) is 0 Å². The lowest BCUT2D eigenvalue weighted by Gasteiger charge is -2.02. The SMILES string of the molecule is CCCCc1ccc2c(c1)C(=O)C(=NO)C2.CCCCc1ccc2c(c1)C(=O)CC2. The van der Waals surface area contributed by atoms with Crippen molar-refractivity contribution >= 4 is 17.3 Å². The van der Waals surface area contributed by atoms with Crippen molar-refractivity contribution in [2.45, 2.75) is 71.6 Å². The summed E-state index contributed by atoms with van der Waals surface area (Å²) >= 11 is 0. The highest BCUT2D eigenvalue weighted by Crippen LogP contribution is 2.24. The maximum atomic E-state index is 11.8. The molecule has 158 valence electrons. The topological polar surface area (TPSA) is 66.7 Å². The van der Waals surface area contributed by atoms with E-state index >= 15 is 0 Å². The zero-order valence-corrected chi connectivity index (χ0v) is 18.0. The summed E-state index contributed by atoms with van der Waals surface area (Å²) in [4.78, 5) is 23.3. The number of nitrogens with zero attached hydrogens (tertiary/aromatic N) is 1. The molecule has 0 spiro atoms. The molecule has 0 amide bonds. The normalized spacial score (nSPS) is 15.7. The summed E-state index contributed by atoms with van der Waals surface area (Å²) in [5.74, 6) is 0.203. The summed E-state index contributed by atoms with van der Waals surface area (Å²) in [6, 6.07) is 12.4. The minimum Gasteiger partial charge on any atom is -0.411 e. The highest BCUT2D eigenvalue weighted by molar-refractivity contribution is 6.49. The van der Waals surface area contributed by atoms with Crippen molar-refractivity contribution in [1.29, 1.82) is 0 Å². The van der Waals surface area contributed by atoms with Crippen LogP contribution in [0.3, 0.4) is 0 Å². The number of carbonyl (C=O) groups excluding carboxylic acids is 2. The molecule has 1 N–H and O–H groups in total. The van der Waals surface area contributed by atoms with Gasteiger partial charge in [-0.25, -0.2) is 0 Å². The van der Waals surface area contributed by atoms with Crippen molar-refractivity contribution in [2.75, 3.05) is 0 Å². The van der Waals surface area contributed by atoms with Crippen LogP contribution in [-0.2, 0) is 25.7 Å². The first-order chi connectivity index (χ1) is 14.6. The Bertz CT molecular complexity index is 959. The molecule has 4 rings (SSSR count). The fourth-order valence-electron chi connectivity index (χ4n) is 4.04. The Balaban J connectivity index is 0.000000172. The number of aryl methyl sites for hydroxylation is 3. The second-order valence-electron chi connectivity index (χ2n) is 8.17. The third kappa shape index (κ3) is 5.05. The molecule has 0 radical (unpaired) electrons. The second-order valence-corrected chi connectivity index (χ2v) is 8.17. The van der Waals surface area contributed by atoms with Gasteiger partial charge in [-0.1, -0.05) is 56.1 Å². The van der Waals surface area contributed by atoms with E-state index in [9.17, 15) is 9.59 Å². The molecule has 0 atom stereocenters. The average molecular weight is 406 g/mol. The van der Waals surface area contributed by atoms with E-state index in [-0.39, 0.29) is 11.5 Å². The molecule has 0 aliphatic heterocycles. The molecule has 2 aromatic carbocycles. The van der Waals surface area contributed by atoms with Crippen LogP contribution < -0.4 is 0 Å². The number of Topliss-reactive ketones (excluding diaryl/α,β-unsaturated/α-hetero) is 2. The second kappa shape index (κ2) is 10.3. The standard InChI is InChI=1S/C13H15NO2.C13H16O/c1-2-3-4-9-5-6-10-8-12(14-16)13(15)11(10)7-9;1-2-3-4-10-5-6-11-7-8-13(14)12(11)9-10/h5-7,16H,2-4,8H2,1H3;5-6,9H,2-4,7-8H2,1H3. The number of rotatable bonds is 6. The van der Waals surface area contributed by atoms with Gasteiger partial charge in [0.15, 0.2) is 5.78 Å². The molecule has 0 saturated carbocycles. The Morgan fingerprint density at radius 3 is 2.03 bits per heavy atom. The minimum atomic E-state index is -0.129. The maximum Gasteiger partial charge on any atom is 0.211 e. The van der Waals surface area contributed by atoms with Crippen LogP contribution in [0.25, 0.3) is 0 Å². The first-order valence-corrected chi connectivity index (χ1v) is 11.1. The van der Waals surface area contributed by atoms with Gasteiger partial charge >= 0.3 is 0 Å². The summed E-state index contributed by atoms with van der Waals surface area (Å²) < 4.78 is 0. The molecule has 4 nitrogen and oxygen atoms in total. The largest absolute Gasteiger partial charge is 0.411 e. The van der Waals surface area contributed by atoms with Crippen LogP contribution in [0, 0.1) is 0 Å². The molecule has 2 aliphatic carbocycles. The fraction of sp³-hybridized carbons (Fsp3) is 0.423. The molecule has 0 aromatic heterocycles. The van der Waals surface area contributed by atoms with E-state index in [0.29, 0.717) is 24.2 Å². The Morgan fingerprint density at radius 2 is 1.43 bits per heavy atom. The molecule has 0 heterocycles. The minimum absolute atomic E-state index is 0.129. The number of unbranched alkanes of at least 4 members (excludes halogenated alkanes) is 2. The van der Waals surface area contributed by atoms with Crippen LogP contribution in [0.1, 0.15) is 88.9 Å². The smallest absolute Gasteiger partial charge is 0.211 e. The average Bonchev–Trinajstić information content (AvgIpc) is 3.30. The van der Waals surface area contributed by atoms with Crippen molar-refractivity contribution < 1.29 is 14.8 Å². The lowest BCUT2D eigenvalue weighted by molar-refractivity contribution is 0.0993. The van der Waals surface area contributed by atoms with Gasteiger partial charge in [-0.2, -0.15) is 0 Å². The highest BCUT2D eigenvalue weighted by atomic mass is 16.4. The number of ketones is 2. The van der Waals surface area contributed by atoms with Gasteiger partial charge in [0, 0.05) is 24.0 Å². The highest BCUT2D eigenvalue weighted by Gasteiger charge is 2.26. The summed E-state index contributed by atoms with van der Waals surface area (Å²) in [6.45, 7) is 4.34. The van der Waals surface area contributed by atoms with E-state index in [0.717, 1.165) is 43.2 Å². The number of hydrogen-bond donors (Lipinski definition) is 1. The molecule has 30 heavy (non-hydrogen) atoms. The predicted octanol–water partition coefficient (Wildman–Crippen LogP) is 5.76. The Kier molecular flexibility index (Phi) is 7.56. The number of hydrogen-bond acceptors (Lipinski definition) is 4. The van der Waals surface area contributed by atoms with E-state index in [1.807, 2.05) is 12.1 Å². The van der Waals surface area contributed by atoms with Crippen LogP contribution in [0.2, 0.25) is 0 Å². The number of carbonyl (C=O) groups is 2. The van der Waals surface area contributed by atoms with E-state index < -0.39 is 0 Å². The lowest BCUT2D eigenvalue weighted by Crippen LogP contribution is -2.07. The van der Waals surface area contributed by atoms with E-state index in [2.05, 4.69) is 43.3 Å². The molecule has 0 unspecified atom stereocenters. The lowest BCUT2D eigenvalue weighted by atomic mass is 10.0. The van der Waals surface area contributed by atoms with Gasteiger partial charge in [-0.05, 0) is 66.5 Å². The molecule has 0 saturated heterocycles. The molecule has 4 heteroatoms. The predicted molar refractivity (Wildman–Crippen MR) is 120 cm³/mol. The quantitative estimate of drug-likeness (QED) is 0.491. The number of fused-ring (bicyclic) bond motifs is 2. The van der Waals surface area contributed by atoms with Gasteiger partial charge in [0.2, 0.25) is 5.78 Å². The van der Waals surface area contributed by atoms with Crippen LogP contribution in [0.4, 0.5) is 0 Å². The maximum absolute atomic E-state index is 11.8. The molecular formula is C26H31NO3. The van der Waals surface area contributed by atoms with Gasteiger partial charge in [0.1, 0.15) is 5.71 Å². The van der Waals surface area contributed by atoms with E-state index in [1.54, 1.807) is 0 Å². The first kappa shape index (κ1) is 21.9. The Morgan fingerprint density at radius 1 is 0.833 bits per heavy atom. The van der Waals surface area contributed by atoms with Crippen LogP contribution in [-0.4, -0.2) is 22.5 Å². The molecule has 0 fully saturated rings. The van der Waals surface area contributed by atoms with Crippen molar-refractivity contribution in [2.24, 2.45) is 5.16 Å². The van der Waals surface area contributed by atoms with Gasteiger partial charge in [-0.3, -0.25) is 9.59 Å². The molecular weight excluding hydrogens is 374 g/mol. The van der Waals surface area contributed by atoms with Gasteiger partial charge in [-0.15, -0.1) is 0 Å². The Hall–Kier alpha value is -2.75. The molecule has 2 aliphatic rings. The fourth-order valence-corrected chi connectivity index (χ4v) is 4.04. The van der Waals surface area contributed by atoms with Crippen molar-refractivity contribution in [3.8, 4) is 0 Å².